The fourth-order valence-corrected chi connectivity index (χ4v) is 1.63. The van der Waals surface area contributed by atoms with E-state index in [4.69, 9.17) is 4.74 Å². The molecule has 0 fully saturated rings. The fourth-order valence-electron chi connectivity index (χ4n) is 1.63. The number of hydrogen-bond donors (Lipinski definition) is 1. The number of ether oxygens (including phenoxy) is 1. The van der Waals surface area contributed by atoms with Gasteiger partial charge >= 0.3 is 0 Å². The normalized spacial score (nSPS) is 12.3. The molecular formula is C16H25NO2. The first-order valence-corrected chi connectivity index (χ1v) is 6.90. The zero-order valence-electron chi connectivity index (χ0n) is 12.6. The SMILES string of the molecule is Cc1cccc(OCCC(=O)NC(C)C(C)C)c1C. The van der Waals surface area contributed by atoms with Crippen molar-refractivity contribution in [1.82, 2.24) is 5.32 Å². The van der Waals surface area contributed by atoms with Gasteiger partial charge in [0.25, 0.3) is 0 Å². The van der Waals surface area contributed by atoms with E-state index in [2.05, 4.69) is 32.2 Å². The molecule has 0 saturated carbocycles. The Morgan fingerprint density at radius 2 is 1.95 bits per heavy atom. The van der Waals surface area contributed by atoms with Crippen LogP contribution in [-0.4, -0.2) is 18.6 Å². The second kappa shape index (κ2) is 7.17. The molecule has 1 unspecified atom stereocenters. The Bertz CT molecular complexity index is 427. The highest BCUT2D eigenvalue weighted by molar-refractivity contribution is 5.76. The van der Waals surface area contributed by atoms with Gasteiger partial charge in [0.05, 0.1) is 13.0 Å². The van der Waals surface area contributed by atoms with Crippen LogP contribution in [0.15, 0.2) is 18.2 Å². The summed E-state index contributed by atoms with van der Waals surface area (Å²) in [5.41, 5.74) is 2.34. The molecule has 0 aromatic heterocycles. The van der Waals surface area contributed by atoms with Crippen molar-refractivity contribution in [1.29, 1.82) is 0 Å². The van der Waals surface area contributed by atoms with Crippen molar-refractivity contribution < 1.29 is 9.53 Å². The Balaban J connectivity index is 2.38. The smallest absolute Gasteiger partial charge is 0.223 e. The number of carbonyl (C=O) groups excluding carboxylic acids is 1. The third-order valence-electron chi connectivity index (χ3n) is 3.53. The van der Waals surface area contributed by atoms with Gasteiger partial charge < -0.3 is 10.1 Å². The summed E-state index contributed by atoms with van der Waals surface area (Å²) in [5.74, 6) is 1.36. The van der Waals surface area contributed by atoms with Crippen molar-refractivity contribution in [2.45, 2.75) is 47.1 Å². The Morgan fingerprint density at radius 3 is 2.58 bits per heavy atom. The average Bonchev–Trinajstić information content (AvgIpc) is 2.34. The molecule has 1 rings (SSSR count). The molecular weight excluding hydrogens is 238 g/mol. The number of aryl methyl sites for hydroxylation is 1. The number of rotatable bonds is 6. The van der Waals surface area contributed by atoms with Crippen LogP contribution in [0.3, 0.4) is 0 Å². The summed E-state index contributed by atoms with van der Waals surface area (Å²) in [5, 5.41) is 2.97. The third kappa shape index (κ3) is 4.93. The first kappa shape index (κ1) is 15.5. The first-order chi connectivity index (χ1) is 8.91. The van der Waals surface area contributed by atoms with E-state index in [0.29, 0.717) is 18.9 Å². The molecule has 0 bridgehead atoms. The van der Waals surface area contributed by atoms with Gasteiger partial charge in [-0.2, -0.15) is 0 Å². The molecule has 106 valence electrons. The Morgan fingerprint density at radius 1 is 1.26 bits per heavy atom. The van der Waals surface area contributed by atoms with Gasteiger partial charge in [-0.25, -0.2) is 0 Å². The van der Waals surface area contributed by atoms with Crippen molar-refractivity contribution in [3.63, 3.8) is 0 Å². The predicted octanol–water partition coefficient (Wildman–Crippen LogP) is 3.23. The van der Waals surface area contributed by atoms with E-state index < -0.39 is 0 Å². The number of nitrogens with one attached hydrogen (secondary N) is 1. The summed E-state index contributed by atoms with van der Waals surface area (Å²) in [6, 6.07) is 6.17. The Kier molecular flexibility index (Phi) is 5.87. The summed E-state index contributed by atoms with van der Waals surface area (Å²) in [7, 11) is 0. The standard InChI is InChI=1S/C16H25NO2/c1-11(2)14(5)17-16(18)9-10-19-15-8-6-7-12(3)13(15)4/h6-8,11,14H,9-10H2,1-5H3,(H,17,18). The second-order valence-corrected chi connectivity index (χ2v) is 5.40. The molecule has 0 spiro atoms. The lowest BCUT2D eigenvalue weighted by molar-refractivity contribution is -0.122. The lowest BCUT2D eigenvalue weighted by Crippen LogP contribution is -2.36. The molecule has 1 atom stereocenters. The molecule has 0 heterocycles. The maximum Gasteiger partial charge on any atom is 0.223 e. The van der Waals surface area contributed by atoms with Crippen molar-refractivity contribution >= 4 is 5.91 Å². The summed E-state index contributed by atoms with van der Waals surface area (Å²) in [6.45, 7) is 10.7. The zero-order chi connectivity index (χ0) is 14.4. The molecule has 1 amide bonds. The van der Waals surface area contributed by atoms with E-state index in [0.717, 1.165) is 11.3 Å². The van der Waals surface area contributed by atoms with Gasteiger partial charge in [0.2, 0.25) is 5.91 Å². The van der Waals surface area contributed by atoms with E-state index in [-0.39, 0.29) is 11.9 Å². The summed E-state index contributed by atoms with van der Waals surface area (Å²) in [4.78, 5) is 11.7. The zero-order valence-corrected chi connectivity index (χ0v) is 12.6. The first-order valence-electron chi connectivity index (χ1n) is 6.90. The molecule has 0 radical (unpaired) electrons. The summed E-state index contributed by atoms with van der Waals surface area (Å²) in [6.07, 6.45) is 0.393. The van der Waals surface area contributed by atoms with Crippen LogP contribution in [0, 0.1) is 19.8 Å². The largest absolute Gasteiger partial charge is 0.493 e. The second-order valence-electron chi connectivity index (χ2n) is 5.40. The lowest BCUT2D eigenvalue weighted by atomic mass is 10.1. The topological polar surface area (TPSA) is 38.3 Å². The monoisotopic (exact) mass is 263 g/mol. The van der Waals surface area contributed by atoms with E-state index in [1.54, 1.807) is 0 Å². The number of benzene rings is 1. The van der Waals surface area contributed by atoms with Crippen LogP contribution in [-0.2, 0) is 4.79 Å². The van der Waals surface area contributed by atoms with Crippen LogP contribution in [0.25, 0.3) is 0 Å². The molecule has 0 aliphatic carbocycles. The summed E-state index contributed by atoms with van der Waals surface area (Å²) >= 11 is 0. The van der Waals surface area contributed by atoms with Gasteiger partial charge in [-0.05, 0) is 43.9 Å². The van der Waals surface area contributed by atoms with Gasteiger partial charge in [0, 0.05) is 6.04 Å². The minimum absolute atomic E-state index is 0.0477. The summed E-state index contributed by atoms with van der Waals surface area (Å²) < 4.78 is 5.67. The molecule has 1 aromatic carbocycles. The van der Waals surface area contributed by atoms with Gasteiger partial charge in [0.15, 0.2) is 0 Å². The number of hydrogen-bond acceptors (Lipinski definition) is 2. The van der Waals surface area contributed by atoms with Crippen molar-refractivity contribution in [2.75, 3.05) is 6.61 Å². The molecule has 1 N–H and O–H groups in total. The van der Waals surface area contributed by atoms with Crippen molar-refractivity contribution in [3.8, 4) is 5.75 Å². The third-order valence-corrected chi connectivity index (χ3v) is 3.53. The fraction of sp³-hybridized carbons (Fsp3) is 0.562. The quantitative estimate of drug-likeness (QED) is 0.855. The Hall–Kier alpha value is -1.51. The Labute approximate surface area is 116 Å². The van der Waals surface area contributed by atoms with Crippen LogP contribution >= 0.6 is 0 Å². The highest BCUT2D eigenvalue weighted by Gasteiger charge is 2.10. The van der Waals surface area contributed by atoms with E-state index in [9.17, 15) is 4.79 Å². The maximum atomic E-state index is 11.7. The van der Waals surface area contributed by atoms with Crippen molar-refractivity contribution in [2.24, 2.45) is 5.92 Å². The number of amides is 1. The van der Waals surface area contributed by atoms with E-state index in [1.807, 2.05) is 26.0 Å². The minimum atomic E-state index is 0.0477. The van der Waals surface area contributed by atoms with Crippen LogP contribution in [0.4, 0.5) is 0 Å². The lowest BCUT2D eigenvalue weighted by Gasteiger charge is -2.17. The van der Waals surface area contributed by atoms with Crippen LogP contribution < -0.4 is 10.1 Å². The molecule has 1 aromatic rings. The minimum Gasteiger partial charge on any atom is -0.493 e. The van der Waals surface area contributed by atoms with Gasteiger partial charge in [-0.3, -0.25) is 4.79 Å². The maximum absolute atomic E-state index is 11.7. The van der Waals surface area contributed by atoms with Crippen LogP contribution in [0.5, 0.6) is 5.75 Å². The van der Waals surface area contributed by atoms with E-state index >= 15 is 0 Å². The van der Waals surface area contributed by atoms with E-state index in [1.165, 1.54) is 5.56 Å². The molecule has 0 saturated heterocycles. The van der Waals surface area contributed by atoms with Gasteiger partial charge in [-0.15, -0.1) is 0 Å². The molecule has 0 aliphatic rings. The molecule has 19 heavy (non-hydrogen) atoms. The highest BCUT2D eigenvalue weighted by atomic mass is 16.5. The van der Waals surface area contributed by atoms with Crippen LogP contribution in [0.1, 0.15) is 38.3 Å². The van der Waals surface area contributed by atoms with Gasteiger partial charge in [-0.1, -0.05) is 26.0 Å². The highest BCUT2D eigenvalue weighted by Crippen LogP contribution is 2.20. The van der Waals surface area contributed by atoms with Crippen LogP contribution in [0.2, 0.25) is 0 Å². The van der Waals surface area contributed by atoms with Crippen molar-refractivity contribution in [3.05, 3.63) is 29.3 Å². The number of carbonyl (C=O) groups is 1. The average molecular weight is 263 g/mol. The van der Waals surface area contributed by atoms with Gasteiger partial charge in [0.1, 0.15) is 5.75 Å². The molecule has 3 nitrogen and oxygen atoms in total. The predicted molar refractivity (Wildman–Crippen MR) is 78.5 cm³/mol. The molecule has 3 heteroatoms. The molecule has 0 aliphatic heterocycles.